The number of carbonyl (C=O) groups is 1. The molecule has 20 heavy (non-hydrogen) atoms. The van der Waals surface area contributed by atoms with Gasteiger partial charge in [0.1, 0.15) is 18.6 Å². The van der Waals surface area contributed by atoms with Gasteiger partial charge in [-0.1, -0.05) is 30.2 Å². The van der Waals surface area contributed by atoms with E-state index >= 15 is 0 Å². The monoisotopic (exact) mass is 266 g/mol. The Morgan fingerprint density at radius 1 is 1.20 bits per heavy atom. The molecule has 2 aromatic carbocycles. The quantitative estimate of drug-likeness (QED) is 0.668. The van der Waals surface area contributed by atoms with Crippen molar-refractivity contribution in [3.05, 3.63) is 64.7 Å². The average Bonchev–Trinajstić information content (AvgIpc) is 2.52. The Bertz CT molecular complexity index is 654. The molecule has 0 aliphatic heterocycles. The Morgan fingerprint density at radius 3 is 2.70 bits per heavy atom. The second-order valence-corrected chi connectivity index (χ2v) is 4.32. The van der Waals surface area contributed by atoms with Gasteiger partial charge >= 0.3 is 0 Å². The van der Waals surface area contributed by atoms with Crippen LogP contribution < -0.4 is 4.74 Å². The molecule has 0 spiro atoms. The number of aldehydes is 1. The fourth-order valence-electron chi connectivity index (χ4n) is 1.84. The van der Waals surface area contributed by atoms with Crippen LogP contribution in [0.3, 0.4) is 0 Å². The summed E-state index contributed by atoms with van der Waals surface area (Å²) in [5.41, 5.74) is 2.86. The highest BCUT2D eigenvalue weighted by molar-refractivity contribution is 5.76. The summed E-state index contributed by atoms with van der Waals surface area (Å²) < 4.78 is 5.64. The summed E-state index contributed by atoms with van der Waals surface area (Å²) in [5.74, 6) is 3.04. The minimum atomic E-state index is -0.00426. The van der Waals surface area contributed by atoms with Crippen molar-refractivity contribution < 1.29 is 14.6 Å². The van der Waals surface area contributed by atoms with E-state index in [0.29, 0.717) is 23.5 Å². The van der Waals surface area contributed by atoms with E-state index in [1.807, 2.05) is 24.3 Å². The fraction of sp³-hybridized carbons (Fsp3) is 0.118. The molecule has 1 N–H and O–H groups in total. The van der Waals surface area contributed by atoms with Gasteiger partial charge in [-0.3, -0.25) is 4.79 Å². The van der Waals surface area contributed by atoms with Crippen molar-refractivity contribution in [3.8, 4) is 18.1 Å². The van der Waals surface area contributed by atoms with Gasteiger partial charge in [-0.2, -0.15) is 0 Å². The molecule has 2 aromatic rings. The molecule has 0 unspecified atom stereocenters. The molecule has 0 amide bonds. The molecule has 3 nitrogen and oxygen atoms in total. The van der Waals surface area contributed by atoms with Gasteiger partial charge in [0.15, 0.2) is 0 Å². The Balaban J connectivity index is 2.14. The number of aliphatic hydroxyl groups excluding tert-OH is 1. The molecule has 2 rings (SSSR count). The molecule has 100 valence electrons. The van der Waals surface area contributed by atoms with Gasteiger partial charge in [0, 0.05) is 11.1 Å². The number of aliphatic hydroxyl groups is 1. The molecule has 0 atom stereocenters. The van der Waals surface area contributed by atoms with Gasteiger partial charge in [0.25, 0.3) is 0 Å². The number of terminal acetylenes is 1. The summed E-state index contributed by atoms with van der Waals surface area (Å²) in [6.45, 7) is 0.343. The molecular weight excluding hydrogens is 252 g/mol. The summed E-state index contributed by atoms with van der Waals surface area (Å²) in [6.07, 6.45) is 6.07. The zero-order valence-electron chi connectivity index (χ0n) is 10.9. The number of hydrogen-bond acceptors (Lipinski definition) is 3. The van der Waals surface area contributed by atoms with Gasteiger partial charge in [-0.25, -0.2) is 0 Å². The lowest BCUT2D eigenvalue weighted by atomic mass is 10.1. The van der Waals surface area contributed by atoms with Crippen LogP contribution in [-0.2, 0) is 13.2 Å². The minimum Gasteiger partial charge on any atom is -0.489 e. The highest BCUT2D eigenvalue weighted by Crippen LogP contribution is 2.18. The molecule has 0 aromatic heterocycles. The van der Waals surface area contributed by atoms with Crippen molar-refractivity contribution in [2.45, 2.75) is 13.2 Å². The first-order valence-electron chi connectivity index (χ1n) is 6.13. The average molecular weight is 266 g/mol. The van der Waals surface area contributed by atoms with E-state index in [4.69, 9.17) is 16.3 Å². The van der Waals surface area contributed by atoms with Crippen LogP contribution in [0.5, 0.6) is 5.75 Å². The van der Waals surface area contributed by atoms with Crippen LogP contribution in [0.25, 0.3) is 0 Å². The lowest BCUT2D eigenvalue weighted by Gasteiger charge is -2.08. The normalized spacial score (nSPS) is 9.80. The van der Waals surface area contributed by atoms with Crippen molar-refractivity contribution in [2.24, 2.45) is 0 Å². The standard InChI is InChI=1S/C17H14O3/c1-2-13-6-16(11-19)9-17(8-13)20-12-15-5-3-4-14(7-15)10-18/h1,3-9,11,18H,10,12H2. The molecular formula is C17H14O3. The first-order chi connectivity index (χ1) is 9.75. The number of rotatable bonds is 5. The highest BCUT2D eigenvalue weighted by Gasteiger charge is 2.02. The SMILES string of the molecule is C#Cc1cc(C=O)cc(OCc2cccc(CO)c2)c1. The zero-order valence-corrected chi connectivity index (χ0v) is 10.9. The van der Waals surface area contributed by atoms with Gasteiger partial charge in [0.2, 0.25) is 0 Å². The third-order valence-corrected chi connectivity index (χ3v) is 2.81. The van der Waals surface area contributed by atoms with Crippen molar-refractivity contribution >= 4 is 6.29 Å². The Labute approximate surface area is 117 Å². The fourth-order valence-corrected chi connectivity index (χ4v) is 1.84. The smallest absolute Gasteiger partial charge is 0.150 e. The van der Waals surface area contributed by atoms with Crippen LogP contribution >= 0.6 is 0 Å². The van der Waals surface area contributed by atoms with Crippen molar-refractivity contribution in [3.63, 3.8) is 0 Å². The van der Waals surface area contributed by atoms with Crippen LogP contribution in [0, 0.1) is 12.3 Å². The van der Waals surface area contributed by atoms with E-state index in [1.54, 1.807) is 18.2 Å². The number of hydrogen-bond donors (Lipinski definition) is 1. The maximum absolute atomic E-state index is 10.8. The van der Waals surface area contributed by atoms with Crippen LogP contribution in [0.4, 0.5) is 0 Å². The first kappa shape index (κ1) is 13.9. The lowest BCUT2D eigenvalue weighted by Crippen LogP contribution is -1.98. The van der Waals surface area contributed by atoms with E-state index in [9.17, 15) is 4.79 Å². The molecule has 0 bridgehead atoms. The predicted molar refractivity (Wildman–Crippen MR) is 76.5 cm³/mol. The van der Waals surface area contributed by atoms with Crippen LogP contribution in [-0.4, -0.2) is 11.4 Å². The van der Waals surface area contributed by atoms with Gasteiger partial charge in [-0.05, 0) is 29.3 Å². The zero-order chi connectivity index (χ0) is 14.4. The second-order valence-electron chi connectivity index (χ2n) is 4.32. The van der Waals surface area contributed by atoms with Crippen molar-refractivity contribution in [1.82, 2.24) is 0 Å². The third-order valence-electron chi connectivity index (χ3n) is 2.81. The summed E-state index contributed by atoms with van der Waals surface area (Å²) in [6, 6.07) is 12.5. The summed E-state index contributed by atoms with van der Waals surface area (Å²) >= 11 is 0. The largest absolute Gasteiger partial charge is 0.489 e. The summed E-state index contributed by atoms with van der Waals surface area (Å²) in [4.78, 5) is 10.8. The Kier molecular flexibility index (Phi) is 4.54. The molecule has 3 heteroatoms. The maximum atomic E-state index is 10.8. The number of ether oxygens (including phenoxy) is 1. The molecule has 0 saturated carbocycles. The third kappa shape index (κ3) is 3.47. The highest BCUT2D eigenvalue weighted by atomic mass is 16.5. The van der Waals surface area contributed by atoms with E-state index in [-0.39, 0.29) is 6.61 Å². The van der Waals surface area contributed by atoms with E-state index < -0.39 is 0 Å². The Hall–Kier alpha value is -2.57. The molecule has 0 saturated heterocycles. The van der Waals surface area contributed by atoms with Crippen LogP contribution in [0.1, 0.15) is 27.0 Å². The topological polar surface area (TPSA) is 46.5 Å². The van der Waals surface area contributed by atoms with Gasteiger partial charge in [0.05, 0.1) is 6.61 Å². The number of benzene rings is 2. The van der Waals surface area contributed by atoms with Crippen molar-refractivity contribution in [1.29, 1.82) is 0 Å². The first-order valence-corrected chi connectivity index (χ1v) is 6.13. The summed E-state index contributed by atoms with van der Waals surface area (Å²) in [5, 5.41) is 9.08. The number of carbonyl (C=O) groups excluding carboxylic acids is 1. The molecule has 0 aliphatic carbocycles. The Morgan fingerprint density at radius 2 is 2.00 bits per heavy atom. The van der Waals surface area contributed by atoms with Crippen molar-refractivity contribution in [2.75, 3.05) is 0 Å². The molecule has 0 radical (unpaired) electrons. The van der Waals surface area contributed by atoms with Gasteiger partial charge < -0.3 is 9.84 Å². The predicted octanol–water partition coefficient (Wildman–Crippen LogP) is 2.55. The molecule has 0 aliphatic rings. The van der Waals surface area contributed by atoms with Crippen LogP contribution in [0.15, 0.2) is 42.5 Å². The molecule has 0 heterocycles. The minimum absolute atomic E-state index is 0.00426. The van der Waals surface area contributed by atoms with E-state index in [0.717, 1.165) is 17.4 Å². The summed E-state index contributed by atoms with van der Waals surface area (Å²) in [7, 11) is 0. The van der Waals surface area contributed by atoms with E-state index in [1.165, 1.54) is 0 Å². The van der Waals surface area contributed by atoms with Gasteiger partial charge in [-0.15, -0.1) is 6.42 Å². The maximum Gasteiger partial charge on any atom is 0.150 e. The second kappa shape index (κ2) is 6.55. The molecule has 0 fully saturated rings. The lowest BCUT2D eigenvalue weighted by molar-refractivity contribution is 0.112. The van der Waals surface area contributed by atoms with Crippen LogP contribution in [0.2, 0.25) is 0 Å². The van der Waals surface area contributed by atoms with E-state index in [2.05, 4.69) is 5.92 Å².